The van der Waals surface area contributed by atoms with Gasteiger partial charge in [-0.15, -0.1) is 0 Å². The second-order valence-corrected chi connectivity index (χ2v) is 5.51. The monoisotopic (exact) mass is 317 g/mol. The first-order valence-corrected chi connectivity index (χ1v) is 7.60. The summed E-state index contributed by atoms with van der Waals surface area (Å²) in [5.74, 6) is 1.01. The molecule has 1 aromatic carbocycles. The Bertz CT molecular complexity index is 1010. The van der Waals surface area contributed by atoms with Crippen molar-refractivity contribution in [3.05, 3.63) is 60.2 Å². The molecule has 0 aliphatic rings. The Kier molecular flexibility index (Phi) is 3.42. The van der Waals surface area contributed by atoms with E-state index in [1.807, 2.05) is 49.4 Å². The molecule has 0 unspecified atom stereocenters. The second kappa shape index (κ2) is 5.73. The summed E-state index contributed by atoms with van der Waals surface area (Å²) in [4.78, 5) is 13.3. The van der Waals surface area contributed by atoms with Crippen LogP contribution in [0.5, 0.6) is 0 Å². The number of pyridine rings is 2. The third-order valence-electron chi connectivity index (χ3n) is 3.67. The summed E-state index contributed by atoms with van der Waals surface area (Å²) in [6.45, 7) is 3.73. The molecule has 0 fully saturated rings. The Balaban J connectivity index is 1.94. The Labute approximate surface area is 138 Å². The summed E-state index contributed by atoms with van der Waals surface area (Å²) in [7, 11) is 0. The maximum atomic E-state index is 5.34. The number of rotatable bonds is 3. The third kappa shape index (κ3) is 2.58. The van der Waals surface area contributed by atoms with Crippen molar-refractivity contribution in [2.45, 2.75) is 13.8 Å². The van der Waals surface area contributed by atoms with Crippen LogP contribution in [-0.2, 0) is 0 Å². The number of nitrogens with zero attached hydrogens (tertiary/aromatic N) is 4. The van der Waals surface area contributed by atoms with E-state index in [1.54, 1.807) is 13.1 Å². The molecule has 3 heterocycles. The van der Waals surface area contributed by atoms with Gasteiger partial charge in [-0.3, -0.25) is 0 Å². The fourth-order valence-corrected chi connectivity index (χ4v) is 2.54. The van der Waals surface area contributed by atoms with Gasteiger partial charge in [0.15, 0.2) is 11.5 Å². The van der Waals surface area contributed by atoms with Crippen molar-refractivity contribution >= 4 is 22.4 Å². The molecule has 0 saturated carbocycles. The normalized spacial score (nSPS) is 10.9. The van der Waals surface area contributed by atoms with Crippen LogP contribution in [0, 0.1) is 13.8 Å². The van der Waals surface area contributed by atoms with Crippen LogP contribution in [0.4, 0.5) is 11.4 Å². The Hall–Kier alpha value is -3.28. The Morgan fingerprint density at radius 2 is 1.79 bits per heavy atom. The molecular formula is C18H15N5O. The highest BCUT2D eigenvalue weighted by Gasteiger charge is 2.16. The highest BCUT2D eigenvalue weighted by atomic mass is 16.5. The standard InChI is InChI=1S/C18H15N5O/c1-11-8-9-14-16(22-13-6-4-3-5-7-13)15(10-19-17(14)20-11)18-21-12(2)23-24-18/h3-10H,1-2H3,(H,19,20,22). The first kappa shape index (κ1) is 14.3. The maximum Gasteiger partial charge on any atom is 0.261 e. The van der Waals surface area contributed by atoms with Gasteiger partial charge in [-0.2, -0.15) is 4.98 Å². The van der Waals surface area contributed by atoms with E-state index in [0.717, 1.165) is 28.0 Å². The van der Waals surface area contributed by atoms with Crippen LogP contribution in [0.15, 0.2) is 53.2 Å². The molecule has 0 radical (unpaired) electrons. The summed E-state index contributed by atoms with van der Waals surface area (Å²) < 4.78 is 5.34. The number of benzene rings is 1. The van der Waals surface area contributed by atoms with E-state index < -0.39 is 0 Å². The molecule has 6 nitrogen and oxygen atoms in total. The minimum atomic E-state index is 0.431. The van der Waals surface area contributed by atoms with Crippen LogP contribution in [0.2, 0.25) is 0 Å². The quantitative estimate of drug-likeness (QED) is 0.614. The van der Waals surface area contributed by atoms with Gasteiger partial charge in [0.1, 0.15) is 0 Å². The SMILES string of the molecule is Cc1ccc2c(Nc3ccccc3)c(-c3nc(C)no3)cnc2n1. The lowest BCUT2D eigenvalue weighted by molar-refractivity contribution is 0.425. The second-order valence-electron chi connectivity index (χ2n) is 5.51. The number of fused-ring (bicyclic) bond motifs is 1. The lowest BCUT2D eigenvalue weighted by Crippen LogP contribution is -1.98. The highest BCUT2D eigenvalue weighted by molar-refractivity contribution is 5.98. The number of aromatic nitrogens is 4. The number of anilines is 2. The van der Waals surface area contributed by atoms with Crippen molar-refractivity contribution in [1.82, 2.24) is 20.1 Å². The molecule has 0 saturated heterocycles. The van der Waals surface area contributed by atoms with Gasteiger partial charge in [0, 0.05) is 23.0 Å². The van der Waals surface area contributed by atoms with Crippen molar-refractivity contribution < 1.29 is 4.52 Å². The molecule has 3 aromatic heterocycles. The zero-order valence-electron chi connectivity index (χ0n) is 13.3. The molecule has 6 heteroatoms. The number of hydrogen-bond acceptors (Lipinski definition) is 6. The summed E-state index contributed by atoms with van der Waals surface area (Å²) >= 11 is 0. The predicted molar refractivity (Wildman–Crippen MR) is 92.0 cm³/mol. The summed E-state index contributed by atoms with van der Waals surface area (Å²) in [5.41, 5.74) is 4.15. The topological polar surface area (TPSA) is 76.7 Å². The minimum absolute atomic E-state index is 0.431. The van der Waals surface area contributed by atoms with Crippen molar-refractivity contribution in [3.8, 4) is 11.5 Å². The molecule has 4 rings (SSSR count). The summed E-state index contributed by atoms with van der Waals surface area (Å²) in [6, 6.07) is 13.9. The van der Waals surface area contributed by atoms with Crippen molar-refractivity contribution in [1.29, 1.82) is 0 Å². The number of nitrogens with one attached hydrogen (secondary N) is 1. The fraction of sp³-hybridized carbons (Fsp3) is 0.111. The maximum absolute atomic E-state index is 5.34. The molecule has 118 valence electrons. The average Bonchev–Trinajstić information content (AvgIpc) is 3.02. The zero-order valence-corrected chi connectivity index (χ0v) is 13.3. The highest BCUT2D eigenvalue weighted by Crippen LogP contribution is 2.34. The van der Waals surface area contributed by atoms with Crippen LogP contribution in [0.25, 0.3) is 22.5 Å². The molecule has 0 atom stereocenters. The van der Waals surface area contributed by atoms with Gasteiger partial charge in [-0.25, -0.2) is 9.97 Å². The molecular weight excluding hydrogens is 302 g/mol. The molecule has 4 aromatic rings. The molecule has 0 aliphatic carbocycles. The van der Waals surface area contributed by atoms with Crippen molar-refractivity contribution in [2.75, 3.05) is 5.32 Å². The van der Waals surface area contributed by atoms with Crippen LogP contribution in [-0.4, -0.2) is 20.1 Å². The smallest absolute Gasteiger partial charge is 0.261 e. The van der Waals surface area contributed by atoms with E-state index in [4.69, 9.17) is 4.52 Å². The first-order chi connectivity index (χ1) is 11.7. The third-order valence-corrected chi connectivity index (χ3v) is 3.67. The van der Waals surface area contributed by atoms with Gasteiger partial charge in [0.05, 0.1) is 11.3 Å². The molecule has 0 aliphatic heterocycles. The van der Waals surface area contributed by atoms with E-state index in [-0.39, 0.29) is 0 Å². The van der Waals surface area contributed by atoms with Crippen LogP contribution >= 0.6 is 0 Å². The number of aryl methyl sites for hydroxylation is 2. The van der Waals surface area contributed by atoms with E-state index in [9.17, 15) is 0 Å². The predicted octanol–water partition coefficient (Wildman–Crippen LogP) is 4.04. The van der Waals surface area contributed by atoms with Gasteiger partial charge in [0.25, 0.3) is 5.89 Å². The van der Waals surface area contributed by atoms with E-state index >= 15 is 0 Å². The fourth-order valence-electron chi connectivity index (χ4n) is 2.54. The van der Waals surface area contributed by atoms with Crippen LogP contribution in [0.3, 0.4) is 0 Å². The van der Waals surface area contributed by atoms with Gasteiger partial charge in [-0.05, 0) is 38.1 Å². The molecule has 24 heavy (non-hydrogen) atoms. The number of para-hydroxylation sites is 1. The molecule has 0 spiro atoms. The lowest BCUT2D eigenvalue weighted by Gasteiger charge is -2.12. The van der Waals surface area contributed by atoms with Crippen LogP contribution in [0.1, 0.15) is 11.5 Å². The largest absolute Gasteiger partial charge is 0.354 e. The Morgan fingerprint density at radius 3 is 2.54 bits per heavy atom. The minimum Gasteiger partial charge on any atom is -0.354 e. The van der Waals surface area contributed by atoms with Gasteiger partial charge in [-0.1, -0.05) is 23.4 Å². The van der Waals surface area contributed by atoms with E-state index in [0.29, 0.717) is 17.4 Å². The molecule has 0 amide bonds. The average molecular weight is 317 g/mol. The van der Waals surface area contributed by atoms with E-state index in [1.165, 1.54) is 0 Å². The zero-order chi connectivity index (χ0) is 16.5. The van der Waals surface area contributed by atoms with Crippen molar-refractivity contribution in [3.63, 3.8) is 0 Å². The number of hydrogen-bond donors (Lipinski definition) is 1. The van der Waals surface area contributed by atoms with E-state index in [2.05, 4.69) is 25.4 Å². The van der Waals surface area contributed by atoms with Crippen molar-refractivity contribution in [2.24, 2.45) is 0 Å². The van der Waals surface area contributed by atoms with Gasteiger partial charge >= 0.3 is 0 Å². The Morgan fingerprint density at radius 1 is 0.958 bits per heavy atom. The molecule has 1 N–H and O–H groups in total. The van der Waals surface area contributed by atoms with Gasteiger partial charge in [0.2, 0.25) is 0 Å². The van der Waals surface area contributed by atoms with Crippen LogP contribution < -0.4 is 5.32 Å². The van der Waals surface area contributed by atoms with Gasteiger partial charge < -0.3 is 9.84 Å². The molecule has 0 bridgehead atoms. The lowest BCUT2D eigenvalue weighted by atomic mass is 10.1. The summed E-state index contributed by atoms with van der Waals surface area (Å²) in [5, 5.41) is 8.21. The summed E-state index contributed by atoms with van der Waals surface area (Å²) in [6.07, 6.45) is 1.72. The first-order valence-electron chi connectivity index (χ1n) is 7.60.